The molecule has 124 valence electrons. The largest absolute Gasteiger partial charge is 0.383 e. The molecule has 0 bridgehead atoms. The summed E-state index contributed by atoms with van der Waals surface area (Å²) in [6.07, 6.45) is 3.70. The number of imide groups is 1. The zero-order valence-electron chi connectivity index (χ0n) is 13.6. The Labute approximate surface area is 144 Å². The number of hydrogen-bond acceptors (Lipinski definition) is 4. The van der Waals surface area contributed by atoms with Crippen molar-refractivity contribution in [2.75, 3.05) is 20.3 Å². The lowest BCUT2D eigenvalue weighted by molar-refractivity contribution is -0.123. The van der Waals surface area contributed by atoms with E-state index >= 15 is 0 Å². The molecule has 6 heteroatoms. The van der Waals surface area contributed by atoms with Crippen LogP contribution in [0.3, 0.4) is 0 Å². The van der Waals surface area contributed by atoms with Crippen molar-refractivity contribution in [1.29, 1.82) is 0 Å². The standard InChI is InChI=1S/C18H18N2O3S/c1-13-5-3-6-14(11-13)19-8-4-7-15(19)12-16-17(21)20(9-10-23-2)18(22)24-16/h3-8,11-12H,9-10H2,1-2H3/b16-12+. The Morgan fingerprint density at radius 1 is 1.21 bits per heavy atom. The first-order valence-corrected chi connectivity index (χ1v) is 8.40. The molecule has 0 unspecified atom stereocenters. The van der Waals surface area contributed by atoms with Crippen LogP contribution < -0.4 is 0 Å². The van der Waals surface area contributed by atoms with Gasteiger partial charge in [0.2, 0.25) is 0 Å². The third-order valence-electron chi connectivity index (χ3n) is 3.73. The van der Waals surface area contributed by atoms with E-state index in [1.54, 1.807) is 13.2 Å². The van der Waals surface area contributed by atoms with E-state index in [1.165, 1.54) is 4.90 Å². The number of ether oxygens (including phenoxy) is 1. The summed E-state index contributed by atoms with van der Waals surface area (Å²) in [5, 5.41) is -0.253. The van der Waals surface area contributed by atoms with Crippen LogP contribution in [0.5, 0.6) is 0 Å². The van der Waals surface area contributed by atoms with E-state index in [1.807, 2.05) is 48.0 Å². The third kappa shape index (κ3) is 3.29. The molecular weight excluding hydrogens is 324 g/mol. The molecule has 1 aromatic heterocycles. The molecule has 0 saturated carbocycles. The van der Waals surface area contributed by atoms with Crippen molar-refractivity contribution >= 4 is 29.0 Å². The number of benzene rings is 1. The molecule has 24 heavy (non-hydrogen) atoms. The lowest BCUT2D eigenvalue weighted by Crippen LogP contribution is -2.31. The van der Waals surface area contributed by atoms with E-state index in [4.69, 9.17) is 4.74 Å². The first kappa shape index (κ1) is 16.5. The van der Waals surface area contributed by atoms with Gasteiger partial charge in [-0.15, -0.1) is 0 Å². The van der Waals surface area contributed by atoms with E-state index in [9.17, 15) is 9.59 Å². The summed E-state index contributed by atoms with van der Waals surface area (Å²) in [5.74, 6) is -0.265. The van der Waals surface area contributed by atoms with Crippen molar-refractivity contribution in [3.8, 4) is 5.69 Å². The predicted octanol–water partition coefficient (Wildman–Crippen LogP) is 3.47. The van der Waals surface area contributed by atoms with Crippen molar-refractivity contribution in [3.05, 3.63) is 58.8 Å². The Balaban J connectivity index is 1.89. The topological polar surface area (TPSA) is 51.5 Å². The average molecular weight is 342 g/mol. The minimum absolute atomic E-state index is 0.253. The molecule has 1 aliphatic rings. The fourth-order valence-electron chi connectivity index (χ4n) is 2.53. The lowest BCUT2D eigenvalue weighted by atomic mass is 10.2. The summed E-state index contributed by atoms with van der Waals surface area (Å²) >= 11 is 0.967. The molecule has 2 heterocycles. The number of thioether (sulfide) groups is 1. The van der Waals surface area contributed by atoms with Crippen molar-refractivity contribution in [2.45, 2.75) is 6.92 Å². The van der Waals surface area contributed by atoms with Gasteiger partial charge in [0.1, 0.15) is 0 Å². The molecule has 0 atom stereocenters. The van der Waals surface area contributed by atoms with Gasteiger partial charge in [0.15, 0.2) is 0 Å². The van der Waals surface area contributed by atoms with Crippen molar-refractivity contribution < 1.29 is 14.3 Å². The summed E-state index contributed by atoms with van der Waals surface area (Å²) in [4.78, 5) is 26.1. The number of amides is 2. The summed E-state index contributed by atoms with van der Waals surface area (Å²) < 4.78 is 6.95. The van der Waals surface area contributed by atoms with Crippen LogP contribution in [0.25, 0.3) is 11.8 Å². The summed E-state index contributed by atoms with van der Waals surface area (Å²) in [7, 11) is 1.55. The molecule has 1 aromatic carbocycles. The van der Waals surface area contributed by atoms with E-state index < -0.39 is 0 Å². The number of aromatic nitrogens is 1. The molecule has 0 radical (unpaired) electrons. The minimum Gasteiger partial charge on any atom is -0.383 e. The molecule has 0 spiro atoms. The van der Waals surface area contributed by atoms with Crippen LogP contribution in [-0.2, 0) is 9.53 Å². The highest BCUT2D eigenvalue weighted by Gasteiger charge is 2.34. The number of methoxy groups -OCH3 is 1. The van der Waals surface area contributed by atoms with Gasteiger partial charge in [-0.2, -0.15) is 0 Å². The highest BCUT2D eigenvalue weighted by Crippen LogP contribution is 2.32. The van der Waals surface area contributed by atoms with Crippen LogP contribution in [0.4, 0.5) is 4.79 Å². The molecule has 2 aromatic rings. The highest BCUT2D eigenvalue weighted by atomic mass is 32.2. The number of carbonyl (C=O) groups excluding carboxylic acids is 2. The van der Waals surface area contributed by atoms with E-state index in [2.05, 4.69) is 6.07 Å². The van der Waals surface area contributed by atoms with Crippen molar-refractivity contribution in [3.63, 3.8) is 0 Å². The van der Waals surface area contributed by atoms with Crippen LogP contribution in [0.2, 0.25) is 0 Å². The second kappa shape index (κ2) is 7.07. The Morgan fingerprint density at radius 3 is 2.79 bits per heavy atom. The Kier molecular flexibility index (Phi) is 4.87. The van der Waals surface area contributed by atoms with Gasteiger partial charge >= 0.3 is 0 Å². The van der Waals surface area contributed by atoms with Gasteiger partial charge in [-0.05, 0) is 54.6 Å². The molecule has 5 nitrogen and oxygen atoms in total. The van der Waals surface area contributed by atoms with E-state index in [-0.39, 0.29) is 17.7 Å². The fourth-order valence-corrected chi connectivity index (χ4v) is 3.38. The monoisotopic (exact) mass is 342 g/mol. The quantitative estimate of drug-likeness (QED) is 0.781. The van der Waals surface area contributed by atoms with Gasteiger partial charge in [0.05, 0.1) is 18.1 Å². The highest BCUT2D eigenvalue weighted by molar-refractivity contribution is 8.18. The van der Waals surface area contributed by atoms with Crippen LogP contribution in [0, 0.1) is 6.92 Å². The van der Waals surface area contributed by atoms with Gasteiger partial charge in [-0.3, -0.25) is 14.5 Å². The van der Waals surface area contributed by atoms with E-state index in [0.717, 1.165) is 28.7 Å². The molecule has 1 saturated heterocycles. The Bertz CT molecular complexity index is 810. The van der Waals surface area contributed by atoms with Crippen LogP contribution in [0.1, 0.15) is 11.3 Å². The smallest absolute Gasteiger partial charge is 0.293 e. The summed E-state index contributed by atoms with van der Waals surface area (Å²) in [5.41, 5.74) is 3.04. The average Bonchev–Trinajstić information content (AvgIpc) is 3.12. The van der Waals surface area contributed by atoms with Gasteiger partial charge in [0, 0.05) is 24.7 Å². The van der Waals surface area contributed by atoms with Crippen LogP contribution >= 0.6 is 11.8 Å². The summed E-state index contributed by atoms with van der Waals surface area (Å²) in [6, 6.07) is 12.0. The Hall–Kier alpha value is -2.31. The lowest BCUT2D eigenvalue weighted by Gasteiger charge is -2.11. The first-order valence-electron chi connectivity index (χ1n) is 7.59. The maximum atomic E-state index is 12.4. The number of carbonyl (C=O) groups is 2. The molecule has 3 rings (SSSR count). The molecule has 2 amide bonds. The zero-order valence-corrected chi connectivity index (χ0v) is 14.4. The predicted molar refractivity (Wildman–Crippen MR) is 95.1 cm³/mol. The molecular formula is C18H18N2O3S. The second-order valence-electron chi connectivity index (χ2n) is 5.47. The SMILES string of the molecule is COCCN1C(=O)S/C(=C/c2cccn2-c2cccc(C)c2)C1=O. The molecule has 0 N–H and O–H groups in total. The van der Waals surface area contributed by atoms with Crippen molar-refractivity contribution in [1.82, 2.24) is 9.47 Å². The number of nitrogens with zero attached hydrogens (tertiary/aromatic N) is 2. The maximum absolute atomic E-state index is 12.4. The first-order chi connectivity index (χ1) is 11.6. The number of hydrogen-bond donors (Lipinski definition) is 0. The molecule has 1 fully saturated rings. The van der Waals surface area contributed by atoms with Crippen molar-refractivity contribution in [2.24, 2.45) is 0 Å². The van der Waals surface area contributed by atoms with Crippen LogP contribution in [0.15, 0.2) is 47.5 Å². The van der Waals surface area contributed by atoms with E-state index in [0.29, 0.717) is 11.5 Å². The van der Waals surface area contributed by atoms with Gasteiger partial charge in [0.25, 0.3) is 11.1 Å². The minimum atomic E-state index is -0.265. The van der Waals surface area contributed by atoms with Gasteiger partial charge in [-0.25, -0.2) is 0 Å². The number of rotatable bonds is 5. The third-order valence-corrected chi connectivity index (χ3v) is 4.64. The number of aryl methyl sites for hydroxylation is 1. The van der Waals surface area contributed by atoms with Gasteiger partial charge in [-0.1, -0.05) is 12.1 Å². The molecule has 1 aliphatic heterocycles. The Morgan fingerprint density at radius 2 is 2.04 bits per heavy atom. The maximum Gasteiger partial charge on any atom is 0.293 e. The second-order valence-corrected chi connectivity index (χ2v) is 6.46. The molecule has 0 aliphatic carbocycles. The normalized spacial score (nSPS) is 16.4. The summed E-state index contributed by atoms with van der Waals surface area (Å²) in [6.45, 7) is 2.65. The zero-order chi connectivity index (χ0) is 17.1. The van der Waals surface area contributed by atoms with Crippen LogP contribution in [-0.4, -0.2) is 40.9 Å². The fraction of sp³-hybridized carbons (Fsp3) is 0.222. The van der Waals surface area contributed by atoms with Gasteiger partial charge < -0.3 is 9.30 Å².